The Morgan fingerprint density at radius 3 is 0.927 bits per heavy atom. The highest BCUT2D eigenvalue weighted by Crippen LogP contribution is 2.42. The van der Waals surface area contributed by atoms with E-state index in [1.807, 2.05) is 83.1 Å². The Kier molecular flexibility index (Phi) is 13.3. The number of hydroxylamine groups is 6. The molecule has 0 aromatic carbocycles. The number of hydrogen-bond acceptors (Lipinski definition) is 13. The van der Waals surface area contributed by atoms with Crippen LogP contribution in [0, 0.1) is 0 Å². The van der Waals surface area contributed by atoms with Gasteiger partial charge in [-0.2, -0.15) is 0 Å². The van der Waals surface area contributed by atoms with Crippen LogP contribution in [-0.2, 0) is 43.3 Å². The van der Waals surface area contributed by atoms with Gasteiger partial charge in [0.2, 0.25) is 17.7 Å². The summed E-state index contributed by atoms with van der Waals surface area (Å²) in [5, 5.41) is 25.6. The number of aliphatic hydroxyl groups is 1. The molecule has 3 heterocycles. The van der Waals surface area contributed by atoms with E-state index in [4.69, 9.17) is 14.5 Å². The third kappa shape index (κ3) is 11.4. The lowest BCUT2D eigenvalue weighted by Gasteiger charge is -2.53. The minimum atomic E-state index is -2.74. The van der Waals surface area contributed by atoms with Crippen LogP contribution in [0.15, 0.2) is 0 Å². The van der Waals surface area contributed by atoms with Crippen molar-refractivity contribution in [3.63, 3.8) is 0 Å². The molecule has 0 aromatic heterocycles. The fourth-order valence-corrected chi connectivity index (χ4v) is 9.82. The van der Waals surface area contributed by atoms with Crippen LogP contribution < -0.4 is 16.0 Å². The van der Waals surface area contributed by atoms with Crippen molar-refractivity contribution in [1.29, 1.82) is 0 Å². The van der Waals surface area contributed by atoms with Gasteiger partial charge in [0.1, 0.15) is 0 Å². The maximum atomic E-state index is 14.3. The lowest BCUT2D eigenvalue weighted by atomic mass is 9.79. The van der Waals surface area contributed by atoms with Gasteiger partial charge in [0.15, 0.2) is 5.60 Å². The Balaban J connectivity index is 1.94. The lowest BCUT2D eigenvalue weighted by Crippen LogP contribution is -2.66. The average Bonchev–Trinajstić information content (AvgIpc) is 2.92. The highest BCUT2D eigenvalue weighted by molar-refractivity contribution is 5.90. The Bertz CT molecular complexity index is 1380. The normalized spacial score (nSPS) is 24.2. The SMILES string of the molecule is CC(=O)NC1CC(C)(C)N(OC(=O)CC(O)(CC(=O)ON2C(C)(C)CC(NC(C)=O)CC2(C)C)C(=O)ON2C(C)(C)CC(NC(C)=O)CC2(C)C)C(C)(C)C1. The summed E-state index contributed by atoms with van der Waals surface area (Å²) in [4.78, 5) is 95.7. The minimum Gasteiger partial charge on any atom is -0.377 e. The predicted molar refractivity (Wildman–Crippen MR) is 203 cm³/mol. The smallest absolute Gasteiger partial charge is 0.358 e. The van der Waals surface area contributed by atoms with Crippen molar-refractivity contribution in [2.45, 2.75) is 212 Å². The van der Waals surface area contributed by atoms with Gasteiger partial charge < -0.3 is 35.6 Å². The van der Waals surface area contributed by atoms with Crippen LogP contribution in [0.4, 0.5) is 0 Å². The number of carbonyl (C=O) groups excluding carboxylic acids is 6. The molecule has 0 bridgehead atoms. The molecule has 314 valence electrons. The minimum absolute atomic E-state index is 0.174. The molecule has 4 N–H and O–H groups in total. The molecule has 3 aliphatic heterocycles. The molecule has 0 unspecified atom stereocenters. The van der Waals surface area contributed by atoms with Crippen molar-refractivity contribution in [2.75, 3.05) is 0 Å². The van der Waals surface area contributed by atoms with E-state index in [9.17, 15) is 33.9 Å². The van der Waals surface area contributed by atoms with E-state index in [-0.39, 0.29) is 35.8 Å². The second-order valence-electron chi connectivity index (χ2n) is 19.9. The lowest BCUT2D eigenvalue weighted by molar-refractivity contribution is -0.287. The van der Waals surface area contributed by atoms with Crippen molar-refractivity contribution in [2.24, 2.45) is 0 Å². The van der Waals surface area contributed by atoms with E-state index in [2.05, 4.69) is 16.0 Å². The Labute approximate surface area is 326 Å². The van der Waals surface area contributed by atoms with Crippen LogP contribution >= 0.6 is 0 Å². The third-order valence-corrected chi connectivity index (χ3v) is 10.8. The van der Waals surface area contributed by atoms with E-state index in [0.717, 1.165) is 0 Å². The van der Waals surface area contributed by atoms with Crippen LogP contribution in [0.5, 0.6) is 0 Å². The molecule has 0 spiro atoms. The molecule has 3 fully saturated rings. The first-order valence-electron chi connectivity index (χ1n) is 19.3. The van der Waals surface area contributed by atoms with Gasteiger partial charge in [-0.1, -0.05) is 0 Å². The predicted octanol–water partition coefficient (Wildman–Crippen LogP) is 3.35. The van der Waals surface area contributed by atoms with Gasteiger partial charge in [0, 0.05) is 38.9 Å². The number of nitrogens with zero attached hydrogens (tertiary/aromatic N) is 3. The van der Waals surface area contributed by atoms with Gasteiger partial charge in [-0.05, 0) is 122 Å². The quantitative estimate of drug-likeness (QED) is 0.239. The summed E-state index contributed by atoms with van der Waals surface area (Å²) in [5.41, 5.74) is -7.50. The number of carbonyl (C=O) groups is 6. The van der Waals surface area contributed by atoms with Crippen LogP contribution in [-0.4, -0.2) is 113 Å². The van der Waals surface area contributed by atoms with E-state index in [1.54, 1.807) is 0 Å². The largest absolute Gasteiger partial charge is 0.377 e. The van der Waals surface area contributed by atoms with Gasteiger partial charge in [0.25, 0.3) is 0 Å². The highest BCUT2D eigenvalue weighted by Gasteiger charge is 2.55. The van der Waals surface area contributed by atoms with Crippen LogP contribution in [0.2, 0.25) is 0 Å². The van der Waals surface area contributed by atoms with E-state index >= 15 is 0 Å². The average molecular weight is 781 g/mol. The van der Waals surface area contributed by atoms with E-state index in [1.165, 1.54) is 36.0 Å². The van der Waals surface area contributed by atoms with Gasteiger partial charge in [-0.25, -0.2) is 4.79 Å². The van der Waals surface area contributed by atoms with Crippen molar-refractivity contribution in [3.05, 3.63) is 0 Å². The summed E-state index contributed by atoms with van der Waals surface area (Å²) >= 11 is 0. The molecule has 3 rings (SSSR count). The molecule has 3 amide bonds. The number of hydrogen-bond donors (Lipinski definition) is 4. The second kappa shape index (κ2) is 15.9. The summed E-state index contributed by atoms with van der Waals surface area (Å²) < 4.78 is 0. The number of amides is 3. The highest BCUT2D eigenvalue weighted by atomic mass is 16.7. The van der Waals surface area contributed by atoms with Gasteiger partial charge in [0.05, 0.1) is 46.1 Å². The fourth-order valence-electron chi connectivity index (χ4n) is 9.82. The first kappa shape index (κ1) is 46.0. The topological polar surface area (TPSA) is 196 Å². The summed E-state index contributed by atoms with van der Waals surface area (Å²) in [5.74, 6) is -3.74. The molecular formula is C39H68N6O10. The first-order chi connectivity index (χ1) is 24.7. The molecule has 55 heavy (non-hydrogen) atoms. The van der Waals surface area contributed by atoms with Gasteiger partial charge in [-0.3, -0.25) is 24.0 Å². The number of nitrogens with one attached hydrogen (secondary N) is 3. The zero-order valence-corrected chi connectivity index (χ0v) is 35.9. The molecule has 3 saturated heterocycles. The van der Waals surface area contributed by atoms with E-state index in [0.29, 0.717) is 38.5 Å². The van der Waals surface area contributed by atoms with Gasteiger partial charge >= 0.3 is 17.9 Å². The monoisotopic (exact) mass is 780 g/mol. The molecule has 16 heteroatoms. The first-order valence-corrected chi connectivity index (χ1v) is 19.3. The van der Waals surface area contributed by atoms with Crippen molar-refractivity contribution in [1.82, 2.24) is 31.1 Å². The standard InChI is InChI=1S/C39H68N6O10/c1-24(46)40-27-16-33(4,5)43(34(6,7)17-27)53-30(49)22-39(52,32(51)55-45-37(12,13)20-29(42-26(3)48)21-38(45,14)15)23-31(50)54-44-35(8,9)18-28(41-25(2)47)19-36(44,10)11/h27-29,52H,16-23H2,1-15H3,(H,40,46)(H,41,47)(H,42,48). The molecule has 0 saturated carbocycles. The van der Waals surface area contributed by atoms with E-state index < -0.39 is 69.6 Å². The van der Waals surface area contributed by atoms with Gasteiger partial charge in [-0.15, -0.1) is 15.2 Å². The molecule has 0 aliphatic carbocycles. The third-order valence-electron chi connectivity index (χ3n) is 10.8. The molecule has 0 aromatic rings. The summed E-state index contributed by atoms with van der Waals surface area (Å²) in [6, 6.07) is -0.584. The number of piperidine rings is 3. The maximum Gasteiger partial charge on any atom is 0.358 e. The molecular weight excluding hydrogens is 712 g/mol. The zero-order chi connectivity index (χ0) is 42.3. The molecule has 0 atom stereocenters. The number of rotatable bonds is 11. The van der Waals surface area contributed by atoms with Crippen molar-refractivity contribution in [3.8, 4) is 0 Å². The summed E-state index contributed by atoms with van der Waals surface area (Å²) in [6.45, 7) is 26.6. The molecule has 16 nitrogen and oxygen atoms in total. The Morgan fingerprint density at radius 2 is 0.709 bits per heavy atom. The maximum absolute atomic E-state index is 14.3. The van der Waals surface area contributed by atoms with Crippen molar-refractivity contribution >= 4 is 35.6 Å². The fraction of sp³-hybridized carbons (Fsp3) is 0.846. The zero-order valence-electron chi connectivity index (χ0n) is 35.9. The van der Waals surface area contributed by atoms with Crippen LogP contribution in [0.25, 0.3) is 0 Å². The van der Waals surface area contributed by atoms with Crippen LogP contribution in [0.1, 0.15) is 155 Å². The Hall–Kier alpha value is -3.34. The molecule has 3 aliphatic rings. The summed E-state index contributed by atoms with van der Waals surface area (Å²) in [7, 11) is 0. The van der Waals surface area contributed by atoms with Crippen LogP contribution in [0.3, 0.4) is 0 Å². The molecule has 0 radical (unpaired) electrons. The summed E-state index contributed by atoms with van der Waals surface area (Å²) in [6.07, 6.45) is 0.718. The Morgan fingerprint density at radius 1 is 0.491 bits per heavy atom. The second-order valence-corrected chi connectivity index (χ2v) is 19.9. The van der Waals surface area contributed by atoms with Crippen molar-refractivity contribution < 1.29 is 48.4 Å².